The molecule has 1 aliphatic heterocycles. The summed E-state index contributed by atoms with van der Waals surface area (Å²) in [7, 11) is 0. The fraction of sp³-hybridized carbons (Fsp3) is 0.750. The molecule has 72 valence electrons. The highest BCUT2D eigenvalue weighted by Gasteiger charge is 2.15. The average Bonchev–Trinajstić information content (AvgIpc) is 2.72. The van der Waals surface area contributed by atoms with Crippen LogP contribution in [-0.2, 0) is 11.3 Å². The van der Waals surface area contributed by atoms with Gasteiger partial charge in [0, 0.05) is 19.2 Å². The number of hydrogen-bond donors (Lipinski definition) is 1. The monoisotopic (exact) mass is 183 g/mol. The lowest BCUT2D eigenvalue weighted by atomic mass is 10.2. The van der Waals surface area contributed by atoms with Crippen molar-refractivity contribution in [1.82, 2.24) is 15.6 Å². The molecule has 0 aromatic carbocycles. The molecule has 1 fully saturated rings. The molecule has 0 spiro atoms. The minimum atomic E-state index is 0.455. The summed E-state index contributed by atoms with van der Waals surface area (Å²) in [5, 5.41) is 10.8. The zero-order valence-electron chi connectivity index (χ0n) is 7.62. The van der Waals surface area contributed by atoms with Crippen molar-refractivity contribution in [3.63, 3.8) is 0 Å². The molecule has 0 amide bonds. The van der Waals surface area contributed by atoms with E-state index in [4.69, 9.17) is 4.74 Å². The van der Waals surface area contributed by atoms with Crippen molar-refractivity contribution in [1.29, 1.82) is 0 Å². The number of nitrogens with one attached hydrogen (secondary N) is 1. The van der Waals surface area contributed by atoms with E-state index in [1.165, 1.54) is 0 Å². The maximum absolute atomic E-state index is 5.24. The van der Waals surface area contributed by atoms with Gasteiger partial charge in [-0.15, -0.1) is 0 Å². The first-order valence-corrected chi connectivity index (χ1v) is 4.45. The molecule has 1 aromatic rings. The lowest BCUT2D eigenvalue weighted by Crippen LogP contribution is -2.28. The molecule has 2 heterocycles. The van der Waals surface area contributed by atoms with E-state index in [-0.39, 0.29) is 0 Å². The van der Waals surface area contributed by atoms with Gasteiger partial charge in [-0.2, -0.15) is 0 Å². The Morgan fingerprint density at radius 2 is 2.46 bits per heavy atom. The minimum absolute atomic E-state index is 0.455. The summed E-state index contributed by atoms with van der Waals surface area (Å²) in [6.45, 7) is 4.25. The summed E-state index contributed by atoms with van der Waals surface area (Å²) in [4.78, 5) is 0. The summed E-state index contributed by atoms with van der Waals surface area (Å²) in [6.07, 6.45) is 1.07. The summed E-state index contributed by atoms with van der Waals surface area (Å²) >= 11 is 0. The van der Waals surface area contributed by atoms with Crippen LogP contribution in [-0.4, -0.2) is 29.6 Å². The molecule has 1 atom stereocenters. The Hall–Kier alpha value is -0.940. The largest absolute Gasteiger partial charge is 0.380 e. The molecule has 5 heteroatoms. The lowest BCUT2D eigenvalue weighted by molar-refractivity contribution is 0.189. The summed E-state index contributed by atoms with van der Waals surface area (Å²) in [5.41, 5.74) is 1.73. The fourth-order valence-corrected chi connectivity index (χ4v) is 1.35. The van der Waals surface area contributed by atoms with Gasteiger partial charge in [-0.25, -0.2) is 4.63 Å². The molecule has 1 aliphatic rings. The van der Waals surface area contributed by atoms with Gasteiger partial charge in [-0.05, 0) is 13.3 Å². The lowest BCUT2D eigenvalue weighted by Gasteiger charge is -2.07. The Balaban J connectivity index is 1.82. The molecular weight excluding hydrogens is 170 g/mol. The van der Waals surface area contributed by atoms with Crippen molar-refractivity contribution in [3.05, 3.63) is 11.4 Å². The molecular formula is C8H13N3O2. The molecule has 0 bridgehead atoms. The second-order valence-electron chi connectivity index (χ2n) is 3.24. The molecule has 0 saturated carbocycles. The molecule has 13 heavy (non-hydrogen) atoms. The number of ether oxygens (including phenoxy) is 1. The van der Waals surface area contributed by atoms with Crippen LogP contribution >= 0.6 is 0 Å². The summed E-state index contributed by atoms with van der Waals surface area (Å²) < 4.78 is 9.82. The molecule has 1 N–H and O–H groups in total. The number of rotatable bonds is 3. The van der Waals surface area contributed by atoms with Gasteiger partial charge in [0.1, 0.15) is 11.4 Å². The van der Waals surface area contributed by atoms with Crippen LogP contribution in [0.4, 0.5) is 0 Å². The van der Waals surface area contributed by atoms with Crippen molar-refractivity contribution in [2.24, 2.45) is 0 Å². The van der Waals surface area contributed by atoms with Crippen LogP contribution in [0.5, 0.6) is 0 Å². The Labute approximate surface area is 76.4 Å². The third-order valence-electron chi connectivity index (χ3n) is 2.23. The Bertz CT molecular complexity index is 268. The molecule has 0 aliphatic carbocycles. The van der Waals surface area contributed by atoms with E-state index in [1.807, 2.05) is 6.92 Å². The summed E-state index contributed by atoms with van der Waals surface area (Å²) in [6, 6.07) is 0.455. The third kappa shape index (κ3) is 2.05. The van der Waals surface area contributed by atoms with Crippen LogP contribution in [0.15, 0.2) is 4.63 Å². The SMILES string of the molecule is Cc1nonc1CNC1CCOC1. The predicted molar refractivity (Wildman–Crippen MR) is 45.1 cm³/mol. The highest BCUT2D eigenvalue weighted by molar-refractivity contribution is 5.04. The number of hydrogen-bond acceptors (Lipinski definition) is 5. The zero-order valence-corrected chi connectivity index (χ0v) is 7.62. The van der Waals surface area contributed by atoms with E-state index in [9.17, 15) is 0 Å². The van der Waals surface area contributed by atoms with Crippen LogP contribution in [0.1, 0.15) is 17.8 Å². The standard InChI is InChI=1S/C8H13N3O2/c1-6-8(11-13-10-6)4-9-7-2-3-12-5-7/h7,9H,2-5H2,1H3. The average molecular weight is 183 g/mol. The zero-order chi connectivity index (χ0) is 9.10. The van der Waals surface area contributed by atoms with Gasteiger partial charge in [0.05, 0.1) is 6.61 Å². The van der Waals surface area contributed by atoms with Gasteiger partial charge in [0.25, 0.3) is 0 Å². The van der Waals surface area contributed by atoms with E-state index in [0.29, 0.717) is 12.6 Å². The molecule has 5 nitrogen and oxygen atoms in total. The first kappa shape index (κ1) is 8.65. The highest BCUT2D eigenvalue weighted by Crippen LogP contribution is 2.05. The first-order valence-electron chi connectivity index (χ1n) is 4.45. The van der Waals surface area contributed by atoms with Gasteiger partial charge < -0.3 is 10.1 Å². The van der Waals surface area contributed by atoms with Crippen LogP contribution in [0.3, 0.4) is 0 Å². The van der Waals surface area contributed by atoms with Crippen molar-refractivity contribution < 1.29 is 9.37 Å². The van der Waals surface area contributed by atoms with Crippen molar-refractivity contribution >= 4 is 0 Å². The van der Waals surface area contributed by atoms with Crippen LogP contribution in [0.2, 0.25) is 0 Å². The van der Waals surface area contributed by atoms with Gasteiger partial charge in [-0.1, -0.05) is 10.3 Å². The topological polar surface area (TPSA) is 60.2 Å². The van der Waals surface area contributed by atoms with Crippen molar-refractivity contribution in [2.45, 2.75) is 25.9 Å². The smallest absolute Gasteiger partial charge is 0.121 e. The quantitative estimate of drug-likeness (QED) is 0.728. The minimum Gasteiger partial charge on any atom is -0.380 e. The van der Waals surface area contributed by atoms with Gasteiger partial charge in [0.15, 0.2) is 0 Å². The Kier molecular flexibility index (Phi) is 2.56. The Morgan fingerprint density at radius 3 is 3.08 bits per heavy atom. The van der Waals surface area contributed by atoms with Gasteiger partial charge in [0.2, 0.25) is 0 Å². The van der Waals surface area contributed by atoms with Gasteiger partial charge >= 0.3 is 0 Å². The van der Waals surface area contributed by atoms with Gasteiger partial charge in [-0.3, -0.25) is 0 Å². The van der Waals surface area contributed by atoms with Crippen LogP contribution in [0.25, 0.3) is 0 Å². The van der Waals surface area contributed by atoms with Crippen molar-refractivity contribution in [3.8, 4) is 0 Å². The number of aryl methyl sites for hydroxylation is 1. The highest BCUT2D eigenvalue weighted by atomic mass is 16.6. The third-order valence-corrected chi connectivity index (χ3v) is 2.23. The number of nitrogens with zero attached hydrogens (tertiary/aromatic N) is 2. The molecule has 1 aromatic heterocycles. The van der Waals surface area contributed by atoms with E-state index in [0.717, 1.165) is 31.0 Å². The maximum atomic E-state index is 5.24. The van der Waals surface area contributed by atoms with E-state index in [1.54, 1.807) is 0 Å². The first-order chi connectivity index (χ1) is 6.36. The van der Waals surface area contributed by atoms with E-state index in [2.05, 4.69) is 20.3 Å². The van der Waals surface area contributed by atoms with Crippen LogP contribution in [0, 0.1) is 6.92 Å². The van der Waals surface area contributed by atoms with Crippen molar-refractivity contribution in [2.75, 3.05) is 13.2 Å². The maximum Gasteiger partial charge on any atom is 0.121 e. The summed E-state index contributed by atoms with van der Waals surface area (Å²) in [5.74, 6) is 0. The van der Waals surface area contributed by atoms with E-state index >= 15 is 0 Å². The normalized spacial score (nSPS) is 22.4. The Morgan fingerprint density at radius 1 is 1.54 bits per heavy atom. The second kappa shape index (κ2) is 3.85. The fourth-order valence-electron chi connectivity index (χ4n) is 1.35. The molecule has 2 rings (SSSR count). The second-order valence-corrected chi connectivity index (χ2v) is 3.24. The molecule has 0 radical (unpaired) electrons. The molecule has 1 saturated heterocycles. The number of aromatic nitrogens is 2. The van der Waals surface area contributed by atoms with Crippen LogP contribution < -0.4 is 5.32 Å². The molecule has 1 unspecified atom stereocenters. The van der Waals surface area contributed by atoms with E-state index < -0.39 is 0 Å². The predicted octanol–water partition coefficient (Wildman–Crippen LogP) is 0.257.